The number of hydrogen-bond donors (Lipinski definition) is 0. The molecule has 2 aromatic rings. The van der Waals surface area contributed by atoms with Crippen LogP contribution >= 0.6 is 0 Å². The van der Waals surface area contributed by atoms with Crippen molar-refractivity contribution < 1.29 is 4.39 Å². The van der Waals surface area contributed by atoms with Crippen LogP contribution in [0.15, 0.2) is 55.8 Å². The van der Waals surface area contributed by atoms with E-state index in [1.807, 2.05) is 0 Å². The Morgan fingerprint density at radius 1 is 1.14 bits per heavy atom. The van der Waals surface area contributed by atoms with Crippen LogP contribution < -0.4 is 0 Å². The third-order valence-electron chi connectivity index (χ3n) is 4.01. The van der Waals surface area contributed by atoms with Crippen molar-refractivity contribution in [3.05, 3.63) is 84.0 Å². The minimum Gasteiger partial charge on any atom is -0.254 e. The van der Waals surface area contributed by atoms with Crippen LogP contribution in [0.4, 0.5) is 4.39 Å². The van der Waals surface area contributed by atoms with Gasteiger partial charge in [0.05, 0.1) is 0 Å². The molecule has 22 heavy (non-hydrogen) atoms. The van der Waals surface area contributed by atoms with Gasteiger partial charge in [0.25, 0.3) is 0 Å². The Balaban J connectivity index is 1.66. The van der Waals surface area contributed by atoms with Gasteiger partial charge < -0.3 is 0 Å². The van der Waals surface area contributed by atoms with E-state index in [-0.39, 0.29) is 5.82 Å². The molecule has 0 atom stereocenters. The Hall–Kier alpha value is -2.48. The van der Waals surface area contributed by atoms with Crippen LogP contribution in [-0.2, 0) is 6.42 Å². The van der Waals surface area contributed by atoms with Gasteiger partial charge in [-0.05, 0) is 65.3 Å². The van der Waals surface area contributed by atoms with E-state index >= 15 is 0 Å². The molecule has 3 rings (SSSR count). The number of allylic oxidation sites excluding steroid dienone is 3. The topological polar surface area (TPSA) is 12.9 Å². The van der Waals surface area contributed by atoms with Crippen LogP contribution in [0, 0.1) is 5.82 Å². The lowest BCUT2D eigenvalue weighted by Crippen LogP contribution is -1.94. The highest BCUT2D eigenvalue weighted by atomic mass is 19.1. The summed E-state index contributed by atoms with van der Waals surface area (Å²) in [5, 5.41) is 0. The first-order valence-electron chi connectivity index (χ1n) is 7.41. The predicted molar refractivity (Wildman–Crippen MR) is 90.7 cm³/mol. The molecule has 0 bridgehead atoms. The van der Waals surface area contributed by atoms with Crippen molar-refractivity contribution in [2.45, 2.75) is 19.3 Å². The van der Waals surface area contributed by atoms with Crippen molar-refractivity contribution in [3.8, 4) is 0 Å². The van der Waals surface area contributed by atoms with Gasteiger partial charge in [0, 0.05) is 6.20 Å². The quantitative estimate of drug-likeness (QED) is 0.728. The van der Waals surface area contributed by atoms with Gasteiger partial charge in [-0.1, -0.05) is 37.4 Å². The Morgan fingerprint density at radius 3 is 2.77 bits per heavy atom. The highest BCUT2D eigenvalue weighted by molar-refractivity contribution is 5.71. The molecule has 0 fully saturated rings. The number of rotatable bonds is 5. The molecule has 0 spiro atoms. The maximum Gasteiger partial charge on any atom is 0.149 e. The monoisotopic (exact) mass is 291 g/mol. The fraction of sp³-hybridized carbons (Fsp3) is 0.150. The normalized spacial score (nSPS) is 12.2. The molecule has 0 aliphatic heterocycles. The number of aromatic nitrogens is 1. The van der Waals surface area contributed by atoms with Crippen molar-refractivity contribution >= 4 is 17.2 Å². The van der Waals surface area contributed by atoms with Gasteiger partial charge in [-0.15, -0.1) is 0 Å². The van der Waals surface area contributed by atoms with Crippen LogP contribution in [0.2, 0.25) is 0 Å². The number of hydrogen-bond acceptors (Lipinski definition) is 1. The van der Waals surface area contributed by atoms with E-state index in [2.05, 4.69) is 48.5 Å². The summed E-state index contributed by atoms with van der Waals surface area (Å²) in [5.41, 5.74) is 5.87. The van der Waals surface area contributed by atoms with Gasteiger partial charge in [-0.25, -0.2) is 4.39 Å². The summed E-state index contributed by atoms with van der Waals surface area (Å²) in [5.74, 6) is -0.319. The van der Waals surface area contributed by atoms with Gasteiger partial charge in [0.15, 0.2) is 0 Å². The Morgan fingerprint density at radius 2 is 1.95 bits per heavy atom. The molecule has 1 aromatic heterocycles. The summed E-state index contributed by atoms with van der Waals surface area (Å²) in [7, 11) is 0. The zero-order valence-corrected chi connectivity index (χ0v) is 12.5. The molecule has 0 N–H and O–H groups in total. The molecule has 110 valence electrons. The van der Waals surface area contributed by atoms with Gasteiger partial charge in [0.2, 0.25) is 0 Å². The molecule has 2 heteroatoms. The molecule has 0 radical (unpaired) electrons. The summed E-state index contributed by atoms with van der Waals surface area (Å²) < 4.78 is 13.7. The lowest BCUT2D eigenvalue weighted by Gasteiger charge is -2.10. The molecule has 0 saturated heterocycles. The second kappa shape index (κ2) is 6.10. The first-order valence-corrected chi connectivity index (χ1v) is 7.41. The number of nitrogens with zero attached hydrogens (tertiary/aromatic N) is 1. The summed E-state index contributed by atoms with van der Waals surface area (Å²) in [6.45, 7) is 8.11. The molecular weight excluding hydrogens is 273 g/mol. The van der Waals surface area contributed by atoms with Crippen LogP contribution in [0.5, 0.6) is 0 Å². The minimum absolute atomic E-state index is 0.319. The van der Waals surface area contributed by atoms with E-state index in [4.69, 9.17) is 0 Å². The Kier molecular flexibility index (Phi) is 4.01. The van der Waals surface area contributed by atoms with E-state index in [1.54, 1.807) is 12.3 Å². The maximum absolute atomic E-state index is 13.7. The fourth-order valence-corrected chi connectivity index (χ4v) is 2.68. The van der Waals surface area contributed by atoms with Gasteiger partial charge in [0.1, 0.15) is 11.5 Å². The summed E-state index contributed by atoms with van der Waals surface area (Å²) >= 11 is 0. The van der Waals surface area contributed by atoms with E-state index in [0.29, 0.717) is 17.7 Å². The molecule has 1 heterocycles. The zero-order chi connectivity index (χ0) is 15.5. The van der Waals surface area contributed by atoms with Crippen molar-refractivity contribution in [2.24, 2.45) is 0 Å². The predicted octanol–water partition coefficient (Wildman–Crippen LogP) is 5.30. The van der Waals surface area contributed by atoms with E-state index in [9.17, 15) is 4.39 Å². The average molecular weight is 291 g/mol. The molecular formula is C20H18FN. The minimum atomic E-state index is -0.319. The van der Waals surface area contributed by atoms with Crippen LogP contribution in [0.3, 0.4) is 0 Å². The maximum atomic E-state index is 13.7. The first-order chi connectivity index (χ1) is 10.6. The molecule has 0 saturated carbocycles. The average Bonchev–Trinajstić information content (AvgIpc) is 3.00. The van der Waals surface area contributed by atoms with Crippen molar-refractivity contribution in [2.75, 3.05) is 0 Å². The third kappa shape index (κ3) is 2.91. The number of halogens is 1. The summed E-state index contributed by atoms with van der Waals surface area (Å²) in [6, 6.07) is 9.44. The Bertz CT molecular complexity index is 771. The fourth-order valence-electron chi connectivity index (χ4n) is 2.68. The molecule has 1 aliphatic rings. The van der Waals surface area contributed by atoms with Crippen molar-refractivity contribution in [1.29, 1.82) is 0 Å². The van der Waals surface area contributed by atoms with Crippen LogP contribution in [0.1, 0.15) is 35.2 Å². The zero-order valence-electron chi connectivity index (χ0n) is 12.5. The summed E-state index contributed by atoms with van der Waals surface area (Å²) in [6.07, 6.45) is 8.32. The molecule has 0 unspecified atom stereocenters. The number of fused-ring (bicyclic) bond motifs is 1. The van der Waals surface area contributed by atoms with Crippen molar-refractivity contribution in [1.82, 2.24) is 4.98 Å². The van der Waals surface area contributed by atoms with Crippen LogP contribution in [0.25, 0.3) is 17.2 Å². The van der Waals surface area contributed by atoms with Gasteiger partial charge in [-0.2, -0.15) is 0 Å². The largest absolute Gasteiger partial charge is 0.254 e. The SMILES string of the molecule is C=C(CCC(=C)c1ncccc1F)c1ccc2c(c1)C=CC2. The molecule has 1 aliphatic carbocycles. The van der Waals surface area contributed by atoms with Gasteiger partial charge in [-0.3, -0.25) is 4.98 Å². The first kappa shape index (κ1) is 14.5. The highest BCUT2D eigenvalue weighted by Crippen LogP contribution is 2.28. The molecule has 1 aromatic carbocycles. The highest BCUT2D eigenvalue weighted by Gasteiger charge is 2.10. The van der Waals surface area contributed by atoms with Crippen LogP contribution in [-0.4, -0.2) is 4.98 Å². The molecule has 1 nitrogen and oxygen atoms in total. The standard InChI is InChI=1S/C20H18FN/c1-14(17-11-10-16-5-3-6-18(16)13-17)8-9-15(2)20-19(21)7-4-12-22-20/h3-4,6-7,10-13H,1-2,5,8-9H2. The van der Waals surface area contributed by atoms with E-state index in [0.717, 1.165) is 24.0 Å². The third-order valence-corrected chi connectivity index (χ3v) is 4.01. The second-order valence-electron chi connectivity index (χ2n) is 5.56. The number of benzene rings is 1. The Labute approximate surface area is 130 Å². The molecule has 0 amide bonds. The lowest BCUT2D eigenvalue weighted by molar-refractivity contribution is 0.615. The van der Waals surface area contributed by atoms with Gasteiger partial charge >= 0.3 is 0 Å². The lowest BCUT2D eigenvalue weighted by atomic mass is 9.96. The van der Waals surface area contributed by atoms with Crippen molar-refractivity contribution in [3.63, 3.8) is 0 Å². The van der Waals surface area contributed by atoms with E-state index < -0.39 is 0 Å². The number of pyridine rings is 1. The second-order valence-corrected chi connectivity index (χ2v) is 5.56. The summed E-state index contributed by atoms with van der Waals surface area (Å²) in [4.78, 5) is 4.06. The smallest absolute Gasteiger partial charge is 0.149 e. The van der Waals surface area contributed by atoms with E-state index in [1.165, 1.54) is 17.2 Å².